The molecule has 1 aromatic rings. The number of rotatable bonds is 5. The fourth-order valence-corrected chi connectivity index (χ4v) is 1.37. The van der Waals surface area contributed by atoms with Gasteiger partial charge in [0.25, 0.3) is 0 Å². The number of hydrogen-bond donors (Lipinski definition) is 1. The zero-order chi connectivity index (χ0) is 11.3. The van der Waals surface area contributed by atoms with Gasteiger partial charge in [-0.3, -0.25) is 4.79 Å². The van der Waals surface area contributed by atoms with Crippen molar-refractivity contribution >= 4 is 11.8 Å². The molecule has 0 amide bonds. The molecule has 0 fully saturated rings. The molecule has 3 heteroatoms. The van der Waals surface area contributed by atoms with Crippen LogP contribution in [-0.2, 0) is 16.0 Å². The maximum Gasteiger partial charge on any atom is 0.372 e. The highest BCUT2D eigenvalue weighted by Crippen LogP contribution is 2.10. The summed E-state index contributed by atoms with van der Waals surface area (Å²) >= 11 is 0. The number of ketones is 1. The first-order chi connectivity index (χ1) is 7.11. The number of carboxylic acids is 1. The Morgan fingerprint density at radius 1 is 1.27 bits per heavy atom. The Bertz CT molecular complexity index is 343. The third kappa shape index (κ3) is 3.54. The van der Waals surface area contributed by atoms with Gasteiger partial charge in [-0.2, -0.15) is 0 Å². The summed E-state index contributed by atoms with van der Waals surface area (Å²) in [5, 5.41) is 8.50. The van der Waals surface area contributed by atoms with Crippen LogP contribution in [0.5, 0.6) is 0 Å². The predicted octanol–water partition coefficient (Wildman–Crippen LogP) is 1.91. The van der Waals surface area contributed by atoms with Gasteiger partial charge < -0.3 is 5.11 Å². The number of benzene rings is 1. The highest BCUT2D eigenvalue weighted by molar-refractivity contribution is 6.33. The lowest BCUT2D eigenvalue weighted by atomic mass is 9.97. The van der Waals surface area contributed by atoms with Crippen molar-refractivity contribution < 1.29 is 14.7 Å². The first kappa shape index (κ1) is 11.4. The Morgan fingerprint density at radius 3 is 2.40 bits per heavy atom. The number of carboxylic acid groups (broad SMARTS) is 1. The summed E-state index contributed by atoms with van der Waals surface area (Å²) in [5.74, 6) is -2.45. The molecule has 1 N–H and O–H groups in total. The van der Waals surface area contributed by atoms with E-state index in [0.29, 0.717) is 6.42 Å². The van der Waals surface area contributed by atoms with Crippen molar-refractivity contribution in [2.24, 2.45) is 5.92 Å². The summed E-state index contributed by atoms with van der Waals surface area (Å²) in [4.78, 5) is 21.5. The molecule has 3 nitrogen and oxygen atoms in total. The van der Waals surface area contributed by atoms with Gasteiger partial charge in [-0.25, -0.2) is 4.79 Å². The number of Topliss-reactive ketones (excluding diaryl/α,β-unsaturated/α-hetero) is 1. The number of aryl methyl sites for hydroxylation is 1. The normalized spacial score (nSPS) is 12.1. The van der Waals surface area contributed by atoms with Crippen LogP contribution in [-0.4, -0.2) is 16.9 Å². The highest BCUT2D eigenvalue weighted by atomic mass is 16.4. The van der Waals surface area contributed by atoms with Crippen molar-refractivity contribution in [1.29, 1.82) is 0 Å². The fourth-order valence-electron chi connectivity index (χ4n) is 1.37. The van der Waals surface area contributed by atoms with Crippen molar-refractivity contribution in [2.75, 3.05) is 0 Å². The monoisotopic (exact) mass is 206 g/mol. The predicted molar refractivity (Wildman–Crippen MR) is 56.6 cm³/mol. The Balaban J connectivity index is 2.44. The first-order valence-electron chi connectivity index (χ1n) is 4.92. The molecule has 1 unspecified atom stereocenters. The molecule has 1 rings (SSSR count). The second-order valence-corrected chi connectivity index (χ2v) is 3.59. The summed E-state index contributed by atoms with van der Waals surface area (Å²) in [7, 11) is 0. The van der Waals surface area contributed by atoms with Crippen molar-refractivity contribution in [3.63, 3.8) is 0 Å². The zero-order valence-electron chi connectivity index (χ0n) is 8.64. The summed E-state index contributed by atoms with van der Waals surface area (Å²) < 4.78 is 0. The van der Waals surface area contributed by atoms with Crippen molar-refractivity contribution in [2.45, 2.75) is 19.8 Å². The summed E-state index contributed by atoms with van der Waals surface area (Å²) in [5.41, 5.74) is 1.13. The number of aliphatic carboxylic acids is 1. The molecule has 0 aliphatic carbocycles. The second-order valence-electron chi connectivity index (χ2n) is 3.59. The average Bonchev–Trinajstić information content (AvgIpc) is 2.26. The van der Waals surface area contributed by atoms with Crippen LogP contribution < -0.4 is 0 Å². The molecule has 1 atom stereocenters. The van der Waals surface area contributed by atoms with Gasteiger partial charge in [-0.15, -0.1) is 0 Å². The topological polar surface area (TPSA) is 54.4 Å². The van der Waals surface area contributed by atoms with Crippen molar-refractivity contribution in [3.8, 4) is 0 Å². The van der Waals surface area contributed by atoms with Gasteiger partial charge in [-0.1, -0.05) is 37.3 Å². The third-order valence-electron chi connectivity index (χ3n) is 2.37. The molecular weight excluding hydrogens is 192 g/mol. The maximum absolute atomic E-state index is 11.1. The first-order valence-corrected chi connectivity index (χ1v) is 4.92. The van der Waals surface area contributed by atoms with Gasteiger partial charge in [0.15, 0.2) is 0 Å². The molecule has 15 heavy (non-hydrogen) atoms. The van der Waals surface area contributed by atoms with Gasteiger partial charge in [-0.05, 0) is 18.4 Å². The van der Waals surface area contributed by atoms with E-state index in [-0.39, 0.29) is 0 Å². The molecule has 0 bridgehead atoms. The van der Waals surface area contributed by atoms with Gasteiger partial charge >= 0.3 is 5.97 Å². The molecule has 0 saturated heterocycles. The average molecular weight is 206 g/mol. The van der Waals surface area contributed by atoms with E-state index in [1.807, 2.05) is 30.3 Å². The van der Waals surface area contributed by atoms with Crippen LogP contribution in [0.4, 0.5) is 0 Å². The van der Waals surface area contributed by atoms with Gasteiger partial charge in [0, 0.05) is 5.92 Å². The summed E-state index contributed by atoms with van der Waals surface area (Å²) in [6.07, 6.45) is 1.32. The number of hydrogen-bond acceptors (Lipinski definition) is 2. The van der Waals surface area contributed by atoms with Crippen molar-refractivity contribution in [1.82, 2.24) is 0 Å². The van der Waals surface area contributed by atoms with E-state index in [0.717, 1.165) is 12.0 Å². The quantitative estimate of drug-likeness (QED) is 0.749. The van der Waals surface area contributed by atoms with E-state index >= 15 is 0 Å². The molecule has 80 valence electrons. The van der Waals surface area contributed by atoms with Gasteiger partial charge in [0.2, 0.25) is 5.78 Å². The largest absolute Gasteiger partial charge is 0.475 e. The van der Waals surface area contributed by atoms with E-state index < -0.39 is 17.7 Å². The van der Waals surface area contributed by atoms with Crippen LogP contribution in [0.1, 0.15) is 18.9 Å². The molecule has 0 radical (unpaired) electrons. The Labute approximate surface area is 88.7 Å². The molecular formula is C12H14O3. The second kappa shape index (κ2) is 5.29. The summed E-state index contributed by atoms with van der Waals surface area (Å²) in [6.45, 7) is 1.65. The Kier molecular flexibility index (Phi) is 4.03. The maximum atomic E-state index is 11.1. The lowest BCUT2D eigenvalue weighted by Crippen LogP contribution is -2.21. The van der Waals surface area contributed by atoms with E-state index in [1.54, 1.807) is 6.92 Å². The SMILES string of the molecule is CC(CCc1ccccc1)C(=O)C(=O)O. The molecule has 0 heterocycles. The van der Waals surface area contributed by atoms with E-state index in [9.17, 15) is 9.59 Å². The molecule has 0 aromatic heterocycles. The highest BCUT2D eigenvalue weighted by Gasteiger charge is 2.19. The van der Waals surface area contributed by atoms with E-state index in [2.05, 4.69) is 0 Å². The van der Waals surface area contributed by atoms with Gasteiger partial charge in [0.1, 0.15) is 0 Å². The molecule has 0 saturated carbocycles. The van der Waals surface area contributed by atoms with E-state index in [1.165, 1.54) is 0 Å². The van der Waals surface area contributed by atoms with Gasteiger partial charge in [0.05, 0.1) is 0 Å². The zero-order valence-corrected chi connectivity index (χ0v) is 8.64. The third-order valence-corrected chi connectivity index (χ3v) is 2.37. The minimum Gasteiger partial charge on any atom is -0.475 e. The van der Waals surface area contributed by atoms with Crippen LogP contribution in [0.15, 0.2) is 30.3 Å². The minimum absolute atomic E-state index is 0.414. The molecule has 0 spiro atoms. The van der Waals surface area contributed by atoms with Crippen LogP contribution in [0.2, 0.25) is 0 Å². The van der Waals surface area contributed by atoms with Crippen LogP contribution in [0.3, 0.4) is 0 Å². The number of carbonyl (C=O) groups excluding carboxylic acids is 1. The van der Waals surface area contributed by atoms with Crippen LogP contribution >= 0.6 is 0 Å². The molecule has 0 aliphatic rings. The Morgan fingerprint density at radius 2 is 1.87 bits per heavy atom. The Hall–Kier alpha value is -1.64. The van der Waals surface area contributed by atoms with E-state index in [4.69, 9.17) is 5.11 Å². The van der Waals surface area contributed by atoms with Crippen LogP contribution in [0, 0.1) is 5.92 Å². The molecule has 1 aromatic carbocycles. The van der Waals surface area contributed by atoms with Crippen LogP contribution in [0.25, 0.3) is 0 Å². The minimum atomic E-state index is -1.34. The standard InChI is InChI=1S/C12H14O3/c1-9(11(13)12(14)15)7-8-10-5-3-2-4-6-10/h2-6,9H,7-8H2,1H3,(H,14,15). The number of carbonyl (C=O) groups is 2. The smallest absolute Gasteiger partial charge is 0.372 e. The lowest BCUT2D eigenvalue weighted by Gasteiger charge is -2.06. The molecule has 0 aliphatic heterocycles. The lowest BCUT2D eigenvalue weighted by molar-refractivity contribution is -0.150. The summed E-state index contributed by atoms with van der Waals surface area (Å²) in [6, 6.07) is 9.73. The van der Waals surface area contributed by atoms with Crippen molar-refractivity contribution in [3.05, 3.63) is 35.9 Å². The fraction of sp³-hybridized carbons (Fsp3) is 0.333.